The fourth-order valence-corrected chi connectivity index (χ4v) is 2.16. The third-order valence-electron chi connectivity index (χ3n) is 3.25. The molecule has 11 heavy (non-hydrogen) atoms. The second-order valence-electron chi connectivity index (χ2n) is 3.87. The van der Waals surface area contributed by atoms with Gasteiger partial charge in [0.1, 0.15) is 6.04 Å². The average molecular weight is 157 g/mol. The minimum absolute atomic E-state index is 0.866. The Labute approximate surface area is 70.2 Å². The van der Waals surface area contributed by atoms with E-state index in [0.717, 1.165) is 6.04 Å². The van der Waals surface area contributed by atoms with Crippen LogP contribution in [0.1, 0.15) is 19.8 Å². The molecule has 0 radical (unpaired) electrons. The number of hydrogen-bond donors (Lipinski definition) is 1. The molecule has 1 rings (SSSR count). The molecule has 0 bridgehead atoms. The molecular formula is C9H21N2+. The summed E-state index contributed by atoms with van der Waals surface area (Å²) in [5.41, 5.74) is 0. The monoisotopic (exact) mass is 157 g/mol. The van der Waals surface area contributed by atoms with Crippen LogP contribution in [0, 0.1) is 0 Å². The van der Waals surface area contributed by atoms with Crippen molar-refractivity contribution in [3.63, 3.8) is 0 Å². The largest absolute Gasteiger partial charge is 0.323 e. The Balaban J connectivity index is 2.49. The van der Waals surface area contributed by atoms with Crippen LogP contribution in [0.15, 0.2) is 0 Å². The Morgan fingerprint density at radius 2 is 2.27 bits per heavy atom. The Bertz CT molecular complexity index is 125. The van der Waals surface area contributed by atoms with Crippen molar-refractivity contribution >= 4 is 0 Å². The lowest BCUT2D eigenvalue weighted by Crippen LogP contribution is -2.51. The Morgan fingerprint density at radius 3 is 2.82 bits per heavy atom. The molecular weight excluding hydrogens is 136 g/mol. The minimum Gasteiger partial charge on any atom is -0.323 e. The first kappa shape index (κ1) is 9.01. The summed E-state index contributed by atoms with van der Waals surface area (Å²) in [5.74, 6) is 0. The lowest BCUT2D eigenvalue weighted by Gasteiger charge is -2.35. The van der Waals surface area contributed by atoms with Crippen molar-refractivity contribution in [2.45, 2.75) is 25.8 Å². The summed E-state index contributed by atoms with van der Waals surface area (Å²) in [7, 11) is 4.44. The third kappa shape index (κ3) is 1.74. The molecule has 1 aliphatic rings. The zero-order valence-electron chi connectivity index (χ0n) is 8.06. The molecule has 2 nitrogen and oxygen atoms in total. The van der Waals surface area contributed by atoms with Gasteiger partial charge in [-0.1, -0.05) is 0 Å². The van der Waals surface area contributed by atoms with E-state index in [0.29, 0.717) is 0 Å². The quantitative estimate of drug-likeness (QED) is 0.598. The van der Waals surface area contributed by atoms with Crippen molar-refractivity contribution in [2.24, 2.45) is 0 Å². The lowest BCUT2D eigenvalue weighted by molar-refractivity contribution is -0.918. The summed E-state index contributed by atoms with van der Waals surface area (Å²) < 4.78 is 1.28. The number of nitrogens with one attached hydrogen (secondary N) is 1. The molecule has 1 saturated heterocycles. The van der Waals surface area contributed by atoms with Crippen LogP contribution in [-0.4, -0.2) is 44.3 Å². The number of quaternary nitrogens is 1. The predicted molar refractivity (Wildman–Crippen MR) is 48.5 cm³/mol. The van der Waals surface area contributed by atoms with Crippen LogP contribution in [0.2, 0.25) is 0 Å². The highest BCUT2D eigenvalue weighted by molar-refractivity contribution is 4.68. The fraction of sp³-hybridized carbons (Fsp3) is 1.00. The smallest absolute Gasteiger partial charge is 0.102 e. The number of rotatable bonds is 3. The maximum Gasteiger partial charge on any atom is 0.102 e. The predicted octanol–water partition coefficient (Wildman–Crippen LogP) is 0.835. The molecule has 0 aliphatic carbocycles. The van der Waals surface area contributed by atoms with Crippen molar-refractivity contribution in [1.82, 2.24) is 5.32 Å². The van der Waals surface area contributed by atoms with Crippen LogP contribution in [0.3, 0.4) is 0 Å². The average Bonchev–Trinajstić information content (AvgIpc) is 2.35. The highest BCUT2D eigenvalue weighted by Gasteiger charge is 2.35. The van der Waals surface area contributed by atoms with Crippen molar-refractivity contribution in [2.75, 3.05) is 33.7 Å². The van der Waals surface area contributed by atoms with Gasteiger partial charge in [0.05, 0.1) is 20.1 Å². The first-order valence-electron chi connectivity index (χ1n) is 4.72. The highest BCUT2D eigenvalue weighted by atomic mass is 15.4. The van der Waals surface area contributed by atoms with Gasteiger partial charge in [0.15, 0.2) is 0 Å². The maximum absolute atomic E-state index is 3.28. The van der Waals surface area contributed by atoms with Gasteiger partial charge in [0.2, 0.25) is 0 Å². The van der Waals surface area contributed by atoms with Gasteiger partial charge in [0, 0.05) is 19.4 Å². The van der Waals surface area contributed by atoms with Crippen molar-refractivity contribution in [1.29, 1.82) is 0 Å². The number of likely N-dealkylation sites (tertiary alicyclic amines) is 1. The van der Waals surface area contributed by atoms with Gasteiger partial charge in [0.25, 0.3) is 0 Å². The second kappa shape index (κ2) is 3.55. The van der Waals surface area contributed by atoms with Gasteiger partial charge in [-0.05, 0) is 14.0 Å². The first-order valence-corrected chi connectivity index (χ1v) is 4.72. The normalized spacial score (nSPS) is 37.9. The number of hydrogen-bond acceptors (Lipinski definition) is 1. The van der Waals surface area contributed by atoms with Gasteiger partial charge >= 0.3 is 0 Å². The van der Waals surface area contributed by atoms with Crippen LogP contribution in [0.25, 0.3) is 0 Å². The molecule has 2 atom stereocenters. The Morgan fingerprint density at radius 1 is 1.55 bits per heavy atom. The molecule has 2 heteroatoms. The summed E-state index contributed by atoms with van der Waals surface area (Å²) in [6.07, 6.45) is 2.82. The van der Waals surface area contributed by atoms with E-state index in [1.54, 1.807) is 0 Å². The van der Waals surface area contributed by atoms with E-state index in [1.807, 2.05) is 0 Å². The summed E-state index contributed by atoms with van der Waals surface area (Å²) >= 11 is 0. The van der Waals surface area contributed by atoms with Crippen LogP contribution in [-0.2, 0) is 0 Å². The van der Waals surface area contributed by atoms with Crippen molar-refractivity contribution in [3.8, 4) is 0 Å². The molecule has 1 fully saturated rings. The summed E-state index contributed by atoms with van der Waals surface area (Å²) in [6.45, 7) is 6.15. The minimum atomic E-state index is 0.866. The van der Waals surface area contributed by atoms with Crippen molar-refractivity contribution in [3.05, 3.63) is 0 Å². The van der Waals surface area contributed by atoms with Crippen LogP contribution >= 0.6 is 0 Å². The van der Waals surface area contributed by atoms with E-state index in [4.69, 9.17) is 0 Å². The standard InChI is InChI=1S/C9H21N2/c1-4-11(3)7-5-6-9(11)8-10-2/h9-10H,4-8H2,1-3H3/q+1. The zero-order chi connectivity index (χ0) is 8.32. The third-order valence-corrected chi connectivity index (χ3v) is 3.25. The molecule has 1 N–H and O–H groups in total. The van der Waals surface area contributed by atoms with E-state index in [2.05, 4.69) is 26.3 Å². The first-order chi connectivity index (χ1) is 5.23. The topological polar surface area (TPSA) is 12.0 Å². The molecule has 0 saturated carbocycles. The van der Waals surface area contributed by atoms with E-state index < -0.39 is 0 Å². The summed E-state index contributed by atoms with van der Waals surface area (Å²) in [6, 6.07) is 0.866. The number of likely N-dealkylation sites (N-methyl/N-ethyl adjacent to an activating group) is 2. The Hall–Kier alpha value is -0.0800. The van der Waals surface area contributed by atoms with Crippen LogP contribution in [0.4, 0.5) is 0 Å². The summed E-state index contributed by atoms with van der Waals surface area (Å²) in [5, 5.41) is 3.28. The van der Waals surface area contributed by atoms with E-state index in [-0.39, 0.29) is 0 Å². The van der Waals surface area contributed by atoms with Gasteiger partial charge in [-0.15, -0.1) is 0 Å². The summed E-state index contributed by atoms with van der Waals surface area (Å²) in [4.78, 5) is 0. The lowest BCUT2D eigenvalue weighted by atomic mass is 10.2. The SMILES string of the molecule is CC[N+]1(C)CCCC1CNC. The molecule has 66 valence electrons. The van der Waals surface area contributed by atoms with Gasteiger partial charge in [-0.2, -0.15) is 0 Å². The molecule has 0 aromatic rings. The van der Waals surface area contributed by atoms with E-state index in [1.165, 1.54) is 37.0 Å². The molecule has 2 unspecified atom stereocenters. The van der Waals surface area contributed by atoms with E-state index in [9.17, 15) is 0 Å². The van der Waals surface area contributed by atoms with Crippen LogP contribution in [0.5, 0.6) is 0 Å². The molecule has 1 heterocycles. The van der Waals surface area contributed by atoms with Gasteiger partial charge in [-0.3, -0.25) is 0 Å². The zero-order valence-corrected chi connectivity index (χ0v) is 8.06. The maximum atomic E-state index is 3.28. The van der Waals surface area contributed by atoms with Crippen molar-refractivity contribution < 1.29 is 4.48 Å². The Kier molecular flexibility index (Phi) is 2.90. The molecule has 0 spiro atoms. The molecule has 0 aromatic carbocycles. The van der Waals surface area contributed by atoms with E-state index >= 15 is 0 Å². The molecule has 0 amide bonds. The number of nitrogens with zero attached hydrogens (tertiary/aromatic N) is 1. The highest BCUT2D eigenvalue weighted by Crippen LogP contribution is 2.23. The van der Waals surface area contributed by atoms with Crippen LogP contribution < -0.4 is 5.32 Å². The van der Waals surface area contributed by atoms with Gasteiger partial charge < -0.3 is 9.80 Å². The molecule has 1 aliphatic heterocycles. The van der Waals surface area contributed by atoms with Gasteiger partial charge in [-0.25, -0.2) is 0 Å². The second-order valence-corrected chi connectivity index (χ2v) is 3.87. The fourth-order valence-electron chi connectivity index (χ4n) is 2.16. The molecule has 0 aromatic heterocycles.